The van der Waals surface area contributed by atoms with Crippen LogP contribution in [0.15, 0.2) is 30.3 Å². The Bertz CT molecular complexity index is 1380. The molecule has 3 atom stereocenters. The van der Waals surface area contributed by atoms with Gasteiger partial charge in [-0.25, -0.2) is 13.8 Å². The molecule has 2 N–H and O–H groups in total. The van der Waals surface area contributed by atoms with Gasteiger partial charge in [0.05, 0.1) is 24.2 Å². The first-order valence-corrected chi connectivity index (χ1v) is 13.2. The molecule has 0 radical (unpaired) electrons. The number of hydrogen-bond donors (Lipinski definition) is 2. The van der Waals surface area contributed by atoms with E-state index in [-0.39, 0.29) is 35.7 Å². The summed E-state index contributed by atoms with van der Waals surface area (Å²) in [4.78, 5) is 39.3. The number of rotatable bonds is 7. The summed E-state index contributed by atoms with van der Waals surface area (Å²) in [5.41, 5.74) is 0.947. The molecule has 3 aliphatic rings. The van der Waals surface area contributed by atoms with E-state index in [4.69, 9.17) is 9.47 Å². The summed E-state index contributed by atoms with van der Waals surface area (Å²) in [5.74, 6) is 0.168. The summed E-state index contributed by atoms with van der Waals surface area (Å²) in [6.45, 7) is 2.13. The molecule has 4 heterocycles. The Morgan fingerprint density at radius 1 is 1.13 bits per heavy atom. The second-order valence-corrected chi connectivity index (χ2v) is 9.98. The van der Waals surface area contributed by atoms with E-state index in [2.05, 4.69) is 25.6 Å². The van der Waals surface area contributed by atoms with Crippen molar-refractivity contribution in [2.24, 2.45) is 0 Å². The molecule has 11 nitrogen and oxygen atoms in total. The number of nitrogens with one attached hydrogen (secondary N) is 2. The van der Waals surface area contributed by atoms with Crippen LogP contribution in [0.3, 0.4) is 0 Å². The van der Waals surface area contributed by atoms with Crippen LogP contribution in [0.4, 0.5) is 14.7 Å². The Labute approximate surface area is 222 Å². The number of alkyl halides is 2. The molecule has 0 bridgehead atoms. The van der Waals surface area contributed by atoms with Gasteiger partial charge in [-0.15, -0.1) is 0 Å². The highest BCUT2D eigenvalue weighted by molar-refractivity contribution is 5.90. The number of hydrogen-bond acceptors (Lipinski definition) is 8. The average Bonchev–Trinajstić information content (AvgIpc) is 3.67. The molecule has 6 rings (SSSR count). The number of aromatic nitrogens is 4. The molecule has 206 valence electrons. The minimum Gasteiger partial charge on any atom is -0.474 e. The van der Waals surface area contributed by atoms with E-state index >= 15 is 0 Å². The summed E-state index contributed by atoms with van der Waals surface area (Å²) in [6.07, 6.45) is -0.230. The van der Waals surface area contributed by atoms with Crippen molar-refractivity contribution in [2.75, 3.05) is 31.2 Å². The van der Waals surface area contributed by atoms with Crippen molar-refractivity contribution in [3.63, 3.8) is 0 Å². The molecule has 2 saturated heterocycles. The standard InChI is InChI=1S/C26H29F2N7O4/c27-23(28)24-31-17-3-1-2-4-19(17)35(24)20-14-22(33-26(32-20)34-9-11-38-12-10-34)39-16-6-5-15(13-16)29-25(37)18-7-8-21(36)30-18/h1-4,14-16,18,23H,5-13H2,(H,29,37)(H,30,36)/t15?,16?,18-/m1/s1. The largest absolute Gasteiger partial charge is 0.474 e. The van der Waals surface area contributed by atoms with Crippen LogP contribution in [0.2, 0.25) is 0 Å². The number of carbonyl (C=O) groups excluding carboxylic acids is 2. The van der Waals surface area contributed by atoms with Gasteiger partial charge in [0.15, 0.2) is 5.82 Å². The summed E-state index contributed by atoms with van der Waals surface area (Å²) in [5, 5.41) is 5.70. The van der Waals surface area contributed by atoms with Gasteiger partial charge in [0.25, 0.3) is 6.43 Å². The average molecular weight is 542 g/mol. The van der Waals surface area contributed by atoms with Gasteiger partial charge in [0.2, 0.25) is 23.6 Å². The first-order valence-electron chi connectivity index (χ1n) is 13.2. The zero-order chi connectivity index (χ0) is 26.9. The Morgan fingerprint density at radius 3 is 2.72 bits per heavy atom. The van der Waals surface area contributed by atoms with Gasteiger partial charge < -0.3 is 25.0 Å². The first-order chi connectivity index (χ1) is 18.9. The van der Waals surface area contributed by atoms with Crippen molar-refractivity contribution in [3.8, 4) is 11.7 Å². The fourth-order valence-electron chi connectivity index (χ4n) is 5.37. The quantitative estimate of drug-likeness (QED) is 0.467. The normalized spacial score (nSPS) is 23.4. The van der Waals surface area contributed by atoms with Gasteiger partial charge >= 0.3 is 0 Å². The van der Waals surface area contributed by atoms with E-state index in [0.29, 0.717) is 75.4 Å². The second kappa shape index (κ2) is 10.7. The van der Waals surface area contributed by atoms with E-state index in [9.17, 15) is 18.4 Å². The zero-order valence-electron chi connectivity index (χ0n) is 21.2. The molecule has 1 aromatic carbocycles. The van der Waals surface area contributed by atoms with Gasteiger partial charge in [-0.1, -0.05) is 12.1 Å². The molecule has 2 amide bonds. The highest BCUT2D eigenvalue weighted by Gasteiger charge is 2.33. The highest BCUT2D eigenvalue weighted by atomic mass is 19.3. The van der Waals surface area contributed by atoms with Crippen molar-refractivity contribution >= 4 is 28.8 Å². The van der Waals surface area contributed by atoms with Crippen LogP contribution in [0.5, 0.6) is 5.88 Å². The number of anilines is 1. The number of morpholine rings is 1. The maximum absolute atomic E-state index is 14.1. The number of carbonyl (C=O) groups is 2. The minimum absolute atomic E-state index is 0.0944. The lowest BCUT2D eigenvalue weighted by Crippen LogP contribution is -2.45. The van der Waals surface area contributed by atoms with Crippen molar-refractivity contribution in [2.45, 2.75) is 56.7 Å². The molecular weight excluding hydrogens is 512 g/mol. The van der Waals surface area contributed by atoms with Crippen LogP contribution in [0, 0.1) is 0 Å². The number of para-hydroxylation sites is 2. The van der Waals surface area contributed by atoms with Crippen molar-refractivity contribution < 1.29 is 27.8 Å². The van der Waals surface area contributed by atoms with E-state index in [1.165, 1.54) is 4.57 Å². The minimum atomic E-state index is -2.81. The topological polar surface area (TPSA) is 124 Å². The van der Waals surface area contributed by atoms with Crippen LogP contribution >= 0.6 is 0 Å². The third-order valence-electron chi connectivity index (χ3n) is 7.31. The van der Waals surface area contributed by atoms with E-state index in [0.717, 1.165) is 0 Å². The summed E-state index contributed by atoms with van der Waals surface area (Å²) >= 11 is 0. The summed E-state index contributed by atoms with van der Waals surface area (Å²) < 4.78 is 41.2. The number of halogens is 2. The molecule has 2 aliphatic heterocycles. The van der Waals surface area contributed by atoms with E-state index < -0.39 is 18.3 Å². The highest BCUT2D eigenvalue weighted by Crippen LogP contribution is 2.31. The van der Waals surface area contributed by atoms with Gasteiger partial charge in [0.1, 0.15) is 18.0 Å². The SMILES string of the molecule is O=C1CC[C@H](C(=O)NC2CCC(Oc3cc(-n4c(C(F)F)nc5ccccc54)nc(N4CCOCC4)n3)C2)N1. The number of benzene rings is 1. The van der Waals surface area contributed by atoms with Gasteiger partial charge in [-0.3, -0.25) is 14.2 Å². The lowest BCUT2D eigenvalue weighted by molar-refractivity contribution is -0.126. The lowest BCUT2D eigenvalue weighted by Gasteiger charge is -2.27. The number of imidazole rings is 1. The molecule has 39 heavy (non-hydrogen) atoms. The first kappa shape index (κ1) is 25.4. The van der Waals surface area contributed by atoms with Crippen molar-refractivity contribution in [1.82, 2.24) is 30.2 Å². The fraction of sp³-hybridized carbons (Fsp3) is 0.500. The van der Waals surface area contributed by atoms with Crippen LogP contribution < -0.4 is 20.3 Å². The van der Waals surface area contributed by atoms with E-state index in [1.54, 1.807) is 30.3 Å². The molecule has 0 spiro atoms. The van der Waals surface area contributed by atoms with Gasteiger partial charge in [-0.05, 0) is 31.4 Å². The van der Waals surface area contributed by atoms with E-state index in [1.807, 2.05) is 4.90 Å². The van der Waals surface area contributed by atoms with Crippen LogP contribution in [0.1, 0.15) is 44.4 Å². The monoisotopic (exact) mass is 541 g/mol. The van der Waals surface area contributed by atoms with Crippen molar-refractivity contribution in [1.29, 1.82) is 0 Å². The zero-order valence-corrected chi connectivity index (χ0v) is 21.2. The summed E-state index contributed by atoms with van der Waals surface area (Å²) in [6, 6.07) is 7.89. The van der Waals surface area contributed by atoms with Crippen LogP contribution in [0.25, 0.3) is 16.9 Å². The Hall–Kier alpha value is -3.87. The molecule has 3 aromatic rings. The predicted octanol–water partition coefficient (Wildman–Crippen LogP) is 2.28. The van der Waals surface area contributed by atoms with Crippen LogP contribution in [-0.4, -0.2) is 75.8 Å². The molecule has 1 saturated carbocycles. The summed E-state index contributed by atoms with van der Waals surface area (Å²) in [7, 11) is 0. The number of fused-ring (bicyclic) bond motifs is 1. The fourth-order valence-corrected chi connectivity index (χ4v) is 5.37. The van der Waals surface area contributed by atoms with Gasteiger partial charge in [0, 0.05) is 38.0 Å². The lowest BCUT2D eigenvalue weighted by atomic mass is 10.2. The number of ether oxygens (including phenoxy) is 2. The third kappa shape index (κ3) is 5.35. The smallest absolute Gasteiger partial charge is 0.296 e. The molecule has 13 heteroatoms. The maximum atomic E-state index is 14.1. The molecule has 2 unspecified atom stereocenters. The number of amides is 2. The molecular formula is C26H29F2N7O4. The van der Waals surface area contributed by atoms with Gasteiger partial charge in [-0.2, -0.15) is 9.97 Å². The molecule has 3 fully saturated rings. The maximum Gasteiger partial charge on any atom is 0.296 e. The van der Waals surface area contributed by atoms with Crippen molar-refractivity contribution in [3.05, 3.63) is 36.2 Å². The molecule has 1 aliphatic carbocycles. The molecule has 2 aromatic heterocycles. The number of nitrogens with zero attached hydrogens (tertiary/aromatic N) is 5. The van der Waals surface area contributed by atoms with Crippen LogP contribution in [-0.2, 0) is 14.3 Å². The Morgan fingerprint density at radius 2 is 1.95 bits per heavy atom. The Kier molecular flexibility index (Phi) is 6.98. The predicted molar refractivity (Wildman–Crippen MR) is 136 cm³/mol. The Balaban J connectivity index is 1.26. The third-order valence-corrected chi connectivity index (χ3v) is 7.31. The second-order valence-electron chi connectivity index (χ2n) is 9.98.